The van der Waals surface area contributed by atoms with Crippen molar-refractivity contribution in [2.45, 2.75) is 45.1 Å². The second-order valence-corrected chi connectivity index (χ2v) is 10.5. The highest BCUT2D eigenvalue weighted by atomic mass is 19.1. The molecule has 0 bridgehead atoms. The van der Waals surface area contributed by atoms with Gasteiger partial charge < -0.3 is 9.64 Å². The number of aromatic nitrogens is 1. The summed E-state index contributed by atoms with van der Waals surface area (Å²) < 4.78 is 20.9. The lowest BCUT2D eigenvalue weighted by Crippen LogP contribution is -2.48. The molecule has 37 heavy (non-hydrogen) atoms. The number of hydrogen-bond acceptors (Lipinski definition) is 4. The van der Waals surface area contributed by atoms with E-state index in [-0.39, 0.29) is 17.1 Å². The molecular weight excluding hydrogens is 465 g/mol. The molecule has 2 aromatic carbocycles. The minimum absolute atomic E-state index is 0.0596. The summed E-state index contributed by atoms with van der Waals surface area (Å²) in [6.07, 6.45) is 9.59. The second kappa shape index (κ2) is 11.9. The van der Waals surface area contributed by atoms with Crippen LogP contribution in [0.1, 0.15) is 53.6 Å². The lowest BCUT2D eigenvalue weighted by Gasteiger charge is -2.45. The van der Waals surface area contributed by atoms with Gasteiger partial charge in [0.15, 0.2) is 0 Å². The molecule has 0 saturated carbocycles. The van der Waals surface area contributed by atoms with Crippen molar-refractivity contribution in [3.63, 3.8) is 0 Å². The van der Waals surface area contributed by atoms with E-state index >= 15 is 0 Å². The van der Waals surface area contributed by atoms with Crippen molar-refractivity contribution in [2.24, 2.45) is 5.41 Å². The highest BCUT2D eigenvalue weighted by Gasteiger charge is 2.37. The van der Waals surface area contributed by atoms with E-state index in [1.807, 2.05) is 35.2 Å². The Labute approximate surface area is 219 Å². The first-order valence-electron chi connectivity index (χ1n) is 13.5. The Morgan fingerprint density at radius 2 is 1.76 bits per heavy atom. The van der Waals surface area contributed by atoms with Crippen molar-refractivity contribution in [3.8, 4) is 5.75 Å². The first kappa shape index (κ1) is 25.4. The minimum Gasteiger partial charge on any atom is -0.492 e. The van der Waals surface area contributed by atoms with Crippen LogP contribution in [0.5, 0.6) is 5.75 Å². The van der Waals surface area contributed by atoms with Crippen LogP contribution in [0.2, 0.25) is 0 Å². The third kappa shape index (κ3) is 6.37. The van der Waals surface area contributed by atoms with Gasteiger partial charge in [-0.1, -0.05) is 42.8 Å². The predicted molar refractivity (Wildman–Crippen MR) is 143 cm³/mol. The van der Waals surface area contributed by atoms with E-state index in [4.69, 9.17) is 4.74 Å². The van der Waals surface area contributed by atoms with Gasteiger partial charge in [0.1, 0.15) is 18.2 Å². The van der Waals surface area contributed by atoms with Crippen LogP contribution in [-0.2, 0) is 13.0 Å². The molecule has 194 valence electrons. The van der Waals surface area contributed by atoms with Gasteiger partial charge in [-0.15, -0.1) is 0 Å². The van der Waals surface area contributed by atoms with E-state index in [0.717, 1.165) is 70.5 Å². The highest BCUT2D eigenvalue weighted by Crippen LogP contribution is 2.39. The zero-order valence-electron chi connectivity index (χ0n) is 21.4. The molecule has 2 aliphatic heterocycles. The normalized spacial score (nSPS) is 18.8. The Kier molecular flexibility index (Phi) is 8.15. The Hall–Kier alpha value is -3.25. The summed E-state index contributed by atoms with van der Waals surface area (Å²) in [6, 6.07) is 19.0. The molecular formula is C31H36FN3O2. The van der Waals surface area contributed by atoms with E-state index in [1.54, 1.807) is 18.5 Å². The van der Waals surface area contributed by atoms with Crippen LogP contribution < -0.4 is 4.74 Å². The largest absolute Gasteiger partial charge is 0.492 e. The molecule has 1 fully saturated rings. The van der Waals surface area contributed by atoms with Gasteiger partial charge in [0.25, 0.3) is 5.91 Å². The number of piperidine rings is 1. The maximum Gasteiger partial charge on any atom is 0.255 e. The molecule has 1 amide bonds. The number of ether oxygens (including phenoxy) is 1. The zero-order chi connectivity index (χ0) is 25.5. The standard InChI is InChI=1S/C31H36FN3O2/c32-28-12-3-1-10-27(28)23-34-20-21-37-29-13-4-2-8-25(29)9-5-6-14-31(24-34)15-18-35(19-16-31)30(36)26-11-7-17-33-22-26/h1-4,7-8,10-13,17,22H,5-6,9,14-16,18-21,23-24H2. The van der Waals surface area contributed by atoms with Crippen molar-refractivity contribution in [3.05, 3.63) is 95.6 Å². The third-order valence-corrected chi connectivity index (χ3v) is 7.97. The first-order valence-corrected chi connectivity index (χ1v) is 13.5. The van der Waals surface area contributed by atoms with Gasteiger partial charge in [0.2, 0.25) is 0 Å². The number of para-hydroxylation sites is 1. The molecule has 0 atom stereocenters. The fourth-order valence-electron chi connectivity index (χ4n) is 5.85. The fourth-order valence-corrected chi connectivity index (χ4v) is 5.85. The summed E-state index contributed by atoms with van der Waals surface area (Å²) in [5, 5.41) is 0. The lowest BCUT2D eigenvalue weighted by molar-refractivity contribution is 0.0358. The minimum atomic E-state index is -0.161. The number of carbonyl (C=O) groups excluding carboxylic acids is 1. The molecule has 2 aliphatic rings. The monoisotopic (exact) mass is 501 g/mol. The molecule has 3 heterocycles. The van der Waals surface area contributed by atoms with Crippen LogP contribution in [-0.4, -0.2) is 53.5 Å². The topological polar surface area (TPSA) is 45.7 Å². The predicted octanol–water partition coefficient (Wildman–Crippen LogP) is 5.75. The molecule has 1 aromatic heterocycles. The molecule has 3 aromatic rings. The Morgan fingerprint density at radius 1 is 0.946 bits per heavy atom. The number of likely N-dealkylation sites (tertiary alicyclic amines) is 1. The SMILES string of the molecule is O=C(c1cccnc1)N1CCC2(CCCCc3ccccc3OCCN(Cc3ccccc3F)C2)CC1. The maximum absolute atomic E-state index is 14.6. The van der Waals surface area contributed by atoms with E-state index < -0.39 is 0 Å². The molecule has 0 unspecified atom stereocenters. The fraction of sp³-hybridized carbons (Fsp3) is 0.419. The molecule has 0 aliphatic carbocycles. The van der Waals surface area contributed by atoms with E-state index in [0.29, 0.717) is 24.3 Å². The number of aryl methyl sites for hydroxylation is 1. The molecule has 1 saturated heterocycles. The van der Waals surface area contributed by atoms with Gasteiger partial charge in [-0.05, 0) is 67.3 Å². The van der Waals surface area contributed by atoms with Gasteiger partial charge >= 0.3 is 0 Å². The van der Waals surface area contributed by atoms with Gasteiger partial charge in [-0.3, -0.25) is 14.7 Å². The van der Waals surface area contributed by atoms with Crippen molar-refractivity contribution >= 4 is 5.91 Å². The van der Waals surface area contributed by atoms with Crippen molar-refractivity contribution < 1.29 is 13.9 Å². The van der Waals surface area contributed by atoms with Crippen molar-refractivity contribution in [1.82, 2.24) is 14.8 Å². The quantitative estimate of drug-likeness (QED) is 0.458. The summed E-state index contributed by atoms with van der Waals surface area (Å²) in [5.41, 5.74) is 2.72. The van der Waals surface area contributed by atoms with E-state index in [1.165, 1.54) is 11.6 Å². The second-order valence-electron chi connectivity index (χ2n) is 10.5. The summed E-state index contributed by atoms with van der Waals surface area (Å²) >= 11 is 0. The maximum atomic E-state index is 14.6. The number of pyridine rings is 1. The van der Waals surface area contributed by atoms with Gasteiger partial charge in [-0.25, -0.2) is 4.39 Å². The van der Waals surface area contributed by atoms with Crippen LogP contribution in [0, 0.1) is 11.2 Å². The molecule has 5 nitrogen and oxygen atoms in total. The van der Waals surface area contributed by atoms with Gasteiger partial charge in [0.05, 0.1) is 5.56 Å². The number of amides is 1. The van der Waals surface area contributed by atoms with Crippen LogP contribution in [0.3, 0.4) is 0 Å². The van der Waals surface area contributed by atoms with E-state index in [2.05, 4.69) is 28.1 Å². The summed E-state index contributed by atoms with van der Waals surface area (Å²) in [7, 11) is 0. The average Bonchev–Trinajstić information content (AvgIpc) is 2.93. The summed E-state index contributed by atoms with van der Waals surface area (Å²) in [6.45, 7) is 4.19. The Morgan fingerprint density at radius 3 is 2.57 bits per heavy atom. The number of fused-ring (bicyclic) bond motifs is 1. The van der Waals surface area contributed by atoms with Crippen LogP contribution in [0.4, 0.5) is 4.39 Å². The number of rotatable bonds is 3. The number of carbonyl (C=O) groups is 1. The molecule has 0 N–H and O–H groups in total. The molecule has 0 radical (unpaired) electrons. The van der Waals surface area contributed by atoms with Gasteiger partial charge in [0, 0.05) is 50.7 Å². The van der Waals surface area contributed by atoms with E-state index in [9.17, 15) is 9.18 Å². The molecule has 6 heteroatoms. The van der Waals surface area contributed by atoms with Crippen LogP contribution in [0.25, 0.3) is 0 Å². The molecule has 5 rings (SSSR count). The number of benzene rings is 2. The number of halogens is 1. The molecule has 1 spiro atoms. The smallest absolute Gasteiger partial charge is 0.255 e. The number of hydrogen-bond donors (Lipinski definition) is 0. The Balaban J connectivity index is 1.34. The zero-order valence-corrected chi connectivity index (χ0v) is 21.4. The highest BCUT2D eigenvalue weighted by molar-refractivity contribution is 5.93. The van der Waals surface area contributed by atoms with Gasteiger partial charge in [-0.2, -0.15) is 0 Å². The average molecular weight is 502 g/mol. The lowest BCUT2D eigenvalue weighted by atomic mass is 9.73. The summed E-state index contributed by atoms with van der Waals surface area (Å²) in [4.78, 5) is 21.5. The van der Waals surface area contributed by atoms with Crippen molar-refractivity contribution in [1.29, 1.82) is 0 Å². The third-order valence-electron chi connectivity index (χ3n) is 7.97. The van der Waals surface area contributed by atoms with Crippen LogP contribution >= 0.6 is 0 Å². The number of nitrogens with zero attached hydrogens (tertiary/aromatic N) is 3. The van der Waals surface area contributed by atoms with Crippen molar-refractivity contribution in [2.75, 3.05) is 32.8 Å². The summed E-state index contributed by atoms with van der Waals surface area (Å²) in [5.74, 6) is 0.862. The first-order chi connectivity index (χ1) is 18.1. The van der Waals surface area contributed by atoms with Crippen LogP contribution in [0.15, 0.2) is 73.1 Å². The Bertz CT molecular complexity index is 1180.